The van der Waals surface area contributed by atoms with Gasteiger partial charge in [0.15, 0.2) is 5.69 Å². The largest absolute Gasteiger partial charge is 0.476 e. The molecule has 0 atom stereocenters. The minimum atomic E-state index is -1.03. The molecule has 58 valence electrons. The van der Waals surface area contributed by atoms with Crippen molar-refractivity contribution in [3.8, 4) is 0 Å². The van der Waals surface area contributed by atoms with Gasteiger partial charge >= 0.3 is 5.97 Å². The average Bonchev–Trinajstić information content (AvgIpc) is 2.43. The first-order chi connectivity index (χ1) is 5.68. The minimum absolute atomic E-state index is 0.0525. The number of aromatic carboxylic acids is 1. The van der Waals surface area contributed by atoms with Crippen molar-refractivity contribution in [3.63, 3.8) is 0 Å². The Hall–Kier alpha value is -1.30. The Balaban J connectivity index is 2.76. The SMILES string of the molecule is [B]c1cn2cnc(C(=O)O)c2s1. The van der Waals surface area contributed by atoms with Crippen LogP contribution in [0.4, 0.5) is 0 Å². The van der Waals surface area contributed by atoms with Crippen LogP contribution in [0.15, 0.2) is 12.5 Å². The first-order valence-electron chi connectivity index (χ1n) is 3.14. The number of hydrogen-bond donors (Lipinski definition) is 1. The van der Waals surface area contributed by atoms with Gasteiger partial charge in [-0.15, -0.1) is 11.3 Å². The fourth-order valence-electron chi connectivity index (χ4n) is 0.965. The van der Waals surface area contributed by atoms with Crippen molar-refractivity contribution in [3.05, 3.63) is 18.2 Å². The van der Waals surface area contributed by atoms with E-state index in [4.69, 9.17) is 13.0 Å². The minimum Gasteiger partial charge on any atom is -0.476 e. The van der Waals surface area contributed by atoms with Crippen LogP contribution in [0.25, 0.3) is 4.83 Å². The molecule has 2 aromatic heterocycles. The summed E-state index contributed by atoms with van der Waals surface area (Å²) in [6, 6.07) is 0. The number of nitrogens with zero attached hydrogens (tertiary/aromatic N) is 2. The summed E-state index contributed by atoms with van der Waals surface area (Å²) >= 11 is 1.21. The summed E-state index contributed by atoms with van der Waals surface area (Å²) in [5.74, 6) is -1.03. The van der Waals surface area contributed by atoms with Crippen LogP contribution in [-0.2, 0) is 0 Å². The molecule has 0 aliphatic heterocycles. The first-order valence-corrected chi connectivity index (χ1v) is 3.95. The number of aromatic nitrogens is 2. The molecule has 0 spiro atoms. The van der Waals surface area contributed by atoms with Gasteiger partial charge in [-0.1, -0.05) is 0 Å². The number of carboxylic acid groups (broad SMARTS) is 1. The van der Waals surface area contributed by atoms with Gasteiger partial charge < -0.3 is 5.11 Å². The van der Waals surface area contributed by atoms with Gasteiger partial charge in [-0.25, -0.2) is 9.78 Å². The van der Waals surface area contributed by atoms with E-state index < -0.39 is 5.97 Å². The summed E-state index contributed by atoms with van der Waals surface area (Å²) < 4.78 is 2.18. The highest BCUT2D eigenvalue weighted by Crippen LogP contribution is 2.13. The van der Waals surface area contributed by atoms with Crippen LogP contribution in [0.1, 0.15) is 10.5 Å². The Morgan fingerprint density at radius 2 is 2.50 bits per heavy atom. The fourth-order valence-corrected chi connectivity index (χ4v) is 1.80. The summed E-state index contributed by atoms with van der Waals surface area (Å²) in [7, 11) is 5.48. The van der Waals surface area contributed by atoms with E-state index in [0.29, 0.717) is 9.61 Å². The second-order valence-electron chi connectivity index (χ2n) is 2.24. The summed E-state index contributed by atoms with van der Waals surface area (Å²) in [5.41, 5.74) is 0.0525. The summed E-state index contributed by atoms with van der Waals surface area (Å²) in [4.78, 5) is 14.9. The molecule has 4 nitrogen and oxygen atoms in total. The zero-order chi connectivity index (χ0) is 8.72. The molecule has 6 heteroatoms. The van der Waals surface area contributed by atoms with Gasteiger partial charge in [-0.3, -0.25) is 4.40 Å². The lowest BCUT2D eigenvalue weighted by atomic mass is 10.1. The van der Waals surface area contributed by atoms with Crippen LogP contribution < -0.4 is 4.78 Å². The molecule has 0 aliphatic carbocycles. The van der Waals surface area contributed by atoms with E-state index in [1.807, 2.05) is 0 Å². The maximum absolute atomic E-state index is 10.6. The van der Waals surface area contributed by atoms with Crippen LogP contribution in [0.5, 0.6) is 0 Å². The van der Waals surface area contributed by atoms with Crippen molar-refractivity contribution in [1.29, 1.82) is 0 Å². The quantitative estimate of drug-likeness (QED) is 0.619. The third-order valence-corrected chi connectivity index (χ3v) is 2.37. The molecule has 0 unspecified atom stereocenters. The molecule has 2 heterocycles. The van der Waals surface area contributed by atoms with Gasteiger partial charge in [-0.05, 0) is 4.78 Å². The molecule has 0 aromatic carbocycles. The lowest BCUT2D eigenvalue weighted by Gasteiger charge is -1.82. The van der Waals surface area contributed by atoms with Gasteiger partial charge in [0.05, 0.1) is 0 Å². The predicted molar refractivity (Wildman–Crippen MR) is 45.4 cm³/mol. The Morgan fingerprint density at radius 1 is 1.75 bits per heavy atom. The normalized spacial score (nSPS) is 10.7. The second-order valence-corrected chi connectivity index (χ2v) is 3.31. The topological polar surface area (TPSA) is 54.6 Å². The third-order valence-electron chi connectivity index (χ3n) is 1.43. The highest BCUT2D eigenvalue weighted by molar-refractivity contribution is 7.25. The van der Waals surface area contributed by atoms with Crippen molar-refractivity contribution in [2.75, 3.05) is 0 Å². The smallest absolute Gasteiger partial charge is 0.357 e. The Morgan fingerprint density at radius 3 is 3.17 bits per heavy atom. The lowest BCUT2D eigenvalue weighted by Crippen LogP contribution is -1.96. The number of rotatable bonds is 1. The molecule has 12 heavy (non-hydrogen) atoms. The van der Waals surface area contributed by atoms with E-state index in [0.717, 1.165) is 0 Å². The van der Waals surface area contributed by atoms with Crippen LogP contribution in [0, 0.1) is 0 Å². The van der Waals surface area contributed by atoms with Crippen LogP contribution in [0.2, 0.25) is 0 Å². The third kappa shape index (κ3) is 0.920. The van der Waals surface area contributed by atoms with Gasteiger partial charge in [0.1, 0.15) is 19.0 Å². The number of thiazole rings is 1. The predicted octanol–water partition coefficient (Wildman–Crippen LogP) is -0.112. The molecule has 2 rings (SSSR count). The molecular weight excluding hydrogens is 175 g/mol. The molecule has 0 aliphatic rings. The van der Waals surface area contributed by atoms with Gasteiger partial charge in [0.25, 0.3) is 0 Å². The molecule has 0 bridgehead atoms. The Labute approximate surface area is 72.9 Å². The van der Waals surface area contributed by atoms with Crippen molar-refractivity contribution in [2.24, 2.45) is 0 Å². The van der Waals surface area contributed by atoms with Gasteiger partial charge in [0, 0.05) is 6.20 Å². The number of imidazole rings is 1. The van der Waals surface area contributed by atoms with E-state index in [1.165, 1.54) is 17.7 Å². The standard InChI is InChI=1S/C6H3BN2O2S/c7-3-1-9-2-8-4(6(10)11)5(9)12-3/h1-2H,(H,10,11). The molecule has 2 aromatic rings. The molecule has 0 saturated carbocycles. The summed E-state index contributed by atoms with van der Waals surface area (Å²) in [6.07, 6.45) is 3.07. The van der Waals surface area contributed by atoms with E-state index in [1.54, 1.807) is 10.6 Å². The summed E-state index contributed by atoms with van der Waals surface area (Å²) in [5, 5.41) is 8.67. The van der Waals surface area contributed by atoms with E-state index in [9.17, 15) is 4.79 Å². The molecular formula is C6H3BN2O2S. The number of carboxylic acids is 1. The van der Waals surface area contributed by atoms with E-state index in [-0.39, 0.29) is 5.69 Å². The average molecular weight is 178 g/mol. The van der Waals surface area contributed by atoms with E-state index >= 15 is 0 Å². The number of hydrogen-bond acceptors (Lipinski definition) is 3. The zero-order valence-corrected chi connectivity index (χ0v) is 6.71. The first kappa shape index (κ1) is 7.36. The Kier molecular flexibility index (Phi) is 1.44. The van der Waals surface area contributed by atoms with Crippen molar-refractivity contribution in [1.82, 2.24) is 9.38 Å². The number of carbonyl (C=O) groups is 1. The second kappa shape index (κ2) is 2.35. The summed E-state index contributed by atoms with van der Waals surface area (Å²) in [6.45, 7) is 0. The highest BCUT2D eigenvalue weighted by Gasteiger charge is 2.12. The maximum atomic E-state index is 10.6. The molecule has 2 radical (unpaired) electrons. The number of fused-ring (bicyclic) bond motifs is 1. The Bertz CT molecular complexity index is 447. The highest BCUT2D eigenvalue weighted by atomic mass is 32.1. The zero-order valence-electron chi connectivity index (χ0n) is 5.89. The molecule has 0 amide bonds. The fraction of sp³-hybridized carbons (Fsp3) is 0. The van der Waals surface area contributed by atoms with Crippen LogP contribution in [-0.4, -0.2) is 28.3 Å². The van der Waals surface area contributed by atoms with E-state index in [2.05, 4.69) is 4.98 Å². The van der Waals surface area contributed by atoms with Crippen LogP contribution in [0.3, 0.4) is 0 Å². The van der Waals surface area contributed by atoms with Crippen molar-refractivity contribution in [2.45, 2.75) is 0 Å². The van der Waals surface area contributed by atoms with Crippen molar-refractivity contribution < 1.29 is 9.90 Å². The van der Waals surface area contributed by atoms with Gasteiger partial charge in [0.2, 0.25) is 0 Å². The van der Waals surface area contributed by atoms with Gasteiger partial charge in [-0.2, -0.15) is 0 Å². The molecule has 0 fully saturated rings. The van der Waals surface area contributed by atoms with Crippen LogP contribution >= 0.6 is 11.3 Å². The molecule has 0 saturated heterocycles. The maximum Gasteiger partial charge on any atom is 0.357 e. The van der Waals surface area contributed by atoms with Crippen molar-refractivity contribution >= 4 is 34.8 Å². The molecule has 1 N–H and O–H groups in total. The lowest BCUT2D eigenvalue weighted by molar-refractivity contribution is 0.0693. The monoisotopic (exact) mass is 178 g/mol.